The van der Waals surface area contributed by atoms with Crippen LogP contribution in [-0.2, 0) is 22.8 Å². The Hall–Kier alpha value is -4.37. The van der Waals surface area contributed by atoms with Crippen molar-refractivity contribution in [1.29, 1.82) is 0 Å². The smallest absolute Gasteiger partial charge is 0.335 e. The second-order valence-electron chi connectivity index (χ2n) is 9.07. The molecular formula is C31H20Cl3FN2O5. The monoisotopic (exact) mass is 624 g/mol. The van der Waals surface area contributed by atoms with Crippen LogP contribution in [0.1, 0.15) is 16.7 Å². The van der Waals surface area contributed by atoms with Crippen molar-refractivity contribution in [1.82, 2.24) is 5.32 Å². The third kappa shape index (κ3) is 6.74. The zero-order chi connectivity index (χ0) is 29.8. The van der Waals surface area contributed by atoms with E-state index in [2.05, 4.69) is 5.32 Å². The lowest BCUT2D eigenvalue weighted by Gasteiger charge is -2.26. The van der Waals surface area contributed by atoms with Crippen LogP contribution in [0.25, 0.3) is 6.08 Å². The number of barbiturate groups is 1. The number of nitrogens with one attached hydrogen (secondary N) is 1. The SMILES string of the molecule is O=C1NC(=O)N(c2ccc(OCc3ccc(Cl)cc3Cl)cc2)C(=O)/C1=C/c1cc(Cl)ccc1OCc1ccc(F)cc1. The molecule has 212 valence electrons. The van der Waals surface area contributed by atoms with E-state index in [1.165, 1.54) is 36.4 Å². The first kappa shape index (κ1) is 29.1. The Morgan fingerprint density at radius 3 is 2.19 bits per heavy atom. The summed E-state index contributed by atoms with van der Waals surface area (Å²) < 4.78 is 24.9. The summed E-state index contributed by atoms with van der Waals surface area (Å²) in [4.78, 5) is 39.7. The van der Waals surface area contributed by atoms with E-state index in [1.54, 1.807) is 54.6 Å². The van der Waals surface area contributed by atoms with Crippen molar-refractivity contribution in [2.45, 2.75) is 13.2 Å². The number of ether oxygens (including phenoxy) is 2. The number of benzene rings is 4. The quantitative estimate of drug-likeness (QED) is 0.161. The summed E-state index contributed by atoms with van der Waals surface area (Å²) in [6.07, 6.45) is 1.30. The zero-order valence-electron chi connectivity index (χ0n) is 21.6. The van der Waals surface area contributed by atoms with Crippen LogP contribution in [0.15, 0.2) is 90.5 Å². The van der Waals surface area contributed by atoms with Crippen molar-refractivity contribution < 1.29 is 28.2 Å². The minimum Gasteiger partial charge on any atom is -0.489 e. The summed E-state index contributed by atoms with van der Waals surface area (Å²) in [7, 11) is 0. The molecule has 0 aromatic heterocycles. The highest BCUT2D eigenvalue weighted by molar-refractivity contribution is 6.39. The van der Waals surface area contributed by atoms with Crippen LogP contribution in [0, 0.1) is 5.82 Å². The molecule has 1 N–H and O–H groups in total. The van der Waals surface area contributed by atoms with E-state index in [0.717, 1.165) is 10.5 Å². The summed E-state index contributed by atoms with van der Waals surface area (Å²) in [6, 6.07) is 20.8. The van der Waals surface area contributed by atoms with Crippen LogP contribution in [0.5, 0.6) is 11.5 Å². The first-order valence-corrected chi connectivity index (χ1v) is 13.6. The number of rotatable bonds is 8. The molecule has 1 aliphatic heterocycles. The third-order valence-electron chi connectivity index (χ3n) is 6.19. The molecule has 0 bridgehead atoms. The molecule has 1 aliphatic rings. The molecule has 1 saturated heterocycles. The molecule has 4 aromatic rings. The van der Waals surface area contributed by atoms with Gasteiger partial charge in [-0.05, 0) is 78.4 Å². The normalized spacial score (nSPS) is 14.2. The van der Waals surface area contributed by atoms with Gasteiger partial charge in [-0.3, -0.25) is 14.9 Å². The molecule has 1 fully saturated rings. The summed E-state index contributed by atoms with van der Waals surface area (Å²) in [6.45, 7) is 0.270. The Bertz CT molecular complexity index is 1710. The molecule has 1 heterocycles. The van der Waals surface area contributed by atoms with Crippen molar-refractivity contribution in [3.8, 4) is 11.5 Å². The fourth-order valence-electron chi connectivity index (χ4n) is 4.04. The number of nitrogens with zero attached hydrogens (tertiary/aromatic N) is 1. The number of anilines is 1. The van der Waals surface area contributed by atoms with Gasteiger partial charge in [0.05, 0.1) is 5.69 Å². The Balaban J connectivity index is 1.35. The highest BCUT2D eigenvalue weighted by Gasteiger charge is 2.37. The number of urea groups is 1. The Morgan fingerprint density at radius 2 is 1.48 bits per heavy atom. The number of hydrogen-bond donors (Lipinski definition) is 1. The number of imide groups is 2. The van der Waals surface area contributed by atoms with Crippen LogP contribution in [0.3, 0.4) is 0 Å². The average molecular weight is 626 g/mol. The van der Waals surface area contributed by atoms with E-state index in [0.29, 0.717) is 37.7 Å². The molecule has 4 aromatic carbocycles. The van der Waals surface area contributed by atoms with Gasteiger partial charge in [-0.1, -0.05) is 53.0 Å². The lowest BCUT2D eigenvalue weighted by Crippen LogP contribution is -2.54. The maximum absolute atomic E-state index is 13.4. The Kier molecular flexibility index (Phi) is 8.77. The van der Waals surface area contributed by atoms with Gasteiger partial charge in [0.15, 0.2) is 0 Å². The highest BCUT2D eigenvalue weighted by Crippen LogP contribution is 2.30. The average Bonchev–Trinajstić information content (AvgIpc) is 2.96. The van der Waals surface area contributed by atoms with E-state index < -0.39 is 17.8 Å². The van der Waals surface area contributed by atoms with Crippen molar-refractivity contribution >= 4 is 64.4 Å². The molecule has 5 rings (SSSR count). The highest BCUT2D eigenvalue weighted by atomic mass is 35.5. The number of hydrogen-bond acceptors (Lipinski definition) is 5. The number of carbonyl (C=O) groups excluding carboxylic acids is 3. The van der Waals surface area contributed by atoms with E-state index in [9.17, 15) is 18.8 Å². The Labute approximate surface area is 255 Å². The van der Waals surface area contributed by atoms with Gasteiger partial charge in [0.25, 0.3) is 11.8 Å². The topological polar surface area (TPSA) is 84.9 Å². The van der Waals surface area contributed by atoms with Crippen molar-refractivity contribution in [2.24, 2.45) is 0 Å². The standard InChI is InChI=1S/C31H20Cl3FN2O5/c32-21-5-12-28(42-16-18-1-6-23(35)7-2-18)20(13-21)14-26-29(38)36-31(40)37(30(26)39)24-8-10-25(11-9-24)41-17-19-3-4-22(33)15-27(19)34/h1-15H,16-17H2,(H,36,38,40)/b26-14+. The van der Waals surface area contributed by atoms with E-state index in [1.807, 2.05) is 0 Å². The number of halogens is 4. The first-order valence-electron chi connectivity index (χ1n) is 12.4. The van der Waals surface area contributed by atoms with E-state index in [-0.39, 0.29) is 30.3 Å². The molecule has 7 nitrogen and oxygen atoms in total. The van der Waals surface area contributed by atoms with Gasteiger partial charge >= 0.3 is 6.03 Å². The second kappa shape index (κ2) is 12.7. The second-order valence-corrected chi connectivity index (χ2v) is 10.4. The van der Waals surface area contributed by atoms with Crippen LogP contribution in [-0.4, -0.2) is 17.8 Å². The fraction of sp³-hybridized carbons (Fsp3) is 0.0645. The lowest BCUT2D eigenvalue weighted by atomic mass is 10.1. The molecule has 0 saturated carbocycles. The molecule has 42 heavy (non-hydrogen) atoms. The van der Waals surface area contributed by atoms with Crippen LogP contribution < -0.4 is 19.7 Å². The minimum atomic E-state index is -0.900. The van der Waals surface area contributed by atoms with Gasteiger partial charge < -0.3 is 9.47 Å². The molecule has 0 spiro atoms. The summed E-state index contributed by atoms with van der Waals surface area (Å²) in [5.41, 5.74) is 1.68. The molecule has 0 atom stereocenters. The van der Waals surface area contributed by atoms with Gasteiger partial charge in [0, 0.05) is 26.2 Å². The summed E-state index contributed by atoms with van der Waals surface area (Å²) in [5.74, 6) is -1.30. The van der Waals surface area contributed by atoms with Crippen molar-refractivity contribution in [3.05, 3.63) is 128 Å². The largest absolute Gasteiger partial charge is 0.489 e. The van der Waals surface area contributed by atoms with Crippen LogP contribution in [0.2, 0.25) is 15.1 Å². The maximum atomic E-state index is 13.4. The number of carbonyl (C=O) groups is 3. The predicted octanol–water partition coefficient (Wildman–Crippen LogP) is 7.61. The van der Waals surface area contributed by atoms with Gasteiger partial charge in [0.2, 0.25) is 0 Å². The summed E-state index contributed by atoms with van der Waals surface area (Å²) >= 11 is 18.3. The van der Waals surface area contributed by atoms with E-state index in [4.69, 9.17) is 44.3 Å². The number of amides is 4. The third-order valence-corrected chi connectivity index (χ3v) is 7.01. The van der Waals surface area contributed by atoms with Crippen LogP contribution in [0.4, 0.5) is 14.9 Å². The fourth-order valence-corrected chi connectivity index (χ4v) is 4.69. The molecule has 0 radical (unpaired) electrons. The lowest BCUT2D eigenvalue weighted by molar-refractivity contribution is -0.122. The Morgan fingerprint density at radius 1 is 0.786 bits per heavy atom. The van der Waals surface area contributed by atoms with Crippen molar-refractivity contribution in [2.75, 3.05) is 4.90 Å². The van der Waals surface area contributed by atoms with Gasteiger partial charge in [-0.2, -0.15) is 0 Å². The van der Waals surface area contributed by atoms with E-state index >= 15 is 0 Å². The molecule has 4 amide bonds. The van der Waals surface area contributed by atoms with Gasteiger partial charge in [-0.25, -0.2) is 14.1 Å². The molecule has 0 aliphatic carbocycles. The minimum absolute atomic E-state index is 0.0987. The molecular weight excluding hydrogens is 606 g/mol. The van der Waals surface area contributed by atoms with Gasteiger partial charge in [0.1, 0.15) is 36.1 Å². The van der Waals surface area contributed by atoms with Crippen LogP contribution >= 0.6 is 34.8 Å². The van der Waals surface area contributed by atoms with Crippen molar-refractivity contribution in [3.63, 3.8) is 0 Å². The zero-order valence-corrected chi connectivity index (χ0v) is 23.8. The summed E-state index contributed by atoms with van der Waals surface area (Å²) in [5, 5.41) is 3.50. The van der Waals surface area contributed by atoms with Gasteiger partial charge in [-0.15, -0.1) is 0 Å². The molecule has 0 unspecified atom stereocenters. The first-order chi connectivity index (χ1) is 20.2. The predicted molar refractivity (Wildman–Crippen MR) is 158 cm³/mol. The maximum Gasteiger partial charge on any atom is 0.335 e. The molecule has 11 heteroatoms.